The van der Waals surface area contributed by atoms with Gasteiger partial charge in [-0.1, -0.05) is 186 Å². The summed E-state index contributed by atoms with van der Waals surface area (Å²) in [6.45, 7) is 31.3. The molecule has 5 heterocycles. The third-order valence-electron chi connectivity index (χ3n) is 24.4. The van der Waals surface area contributed by atoms with Crippen molar-refractivity contribution in [2.45, 2.75) is 187 Å². The molecule has 8 aromatic carbocycles. The molecule has 0 radical (unpaired) electrons. The first kappa shape index (κ1) is 55.5. The summed E-state index contributed by atoms with van der Waals surface area (Å²) in [6, 6.07) is 59.2. The third kappa shape index (κ3) is 7.21. The Morgan fingerprint density at radius 1 is 0.523 bits per heavy atom. The molecule has 2 bridgehead atoms. The van der Waals surface area contributed by atoms with Gasteiger partial charge in [-0.3, -0.25) is 9.78 Å². The number of nitrogens with zero attached hydrogens (tertiary/aromatic N) is 3. The second-order valence-corrected chi connectivity index (χ2v) is 30.6. The highest BCUT2D eigenvalue weighted by molar-refractivity contribution is 6.30. The van der Waals surface area contributed by atoms with Gasteiger partial charge in [-0.25, -0.2) is 0 Å². The lowest BCUT2D eigenvalue weighted by Gasteiger charge is -2.70. The molecule has 2 unspecified atom stereocenters. The Bertz CT molecular complexity index is 4960. The summed E-state index contributed by atoms with van der Waals surface area (Å²) >= 11 is 0. The van der Waals surface area contributed by atoms with E-state index in [4.69, 9.17) is 4.98 Å². The van der Waals surface area contributed by atoms with E-state index in [0.29, 0.717) is 5.78 Å². The van der Waals surface area contributed by atoms with Gasteiger partial charge in [-0.15, -0.1) is 0 Å². The van der Waals surface area contributed by atoms with Crippen LogP contribution in [0.3, 0.4) is 0 Å². The smallest absolute Gasteiger partial charge is 0.169 e. The number of benzene rings is 8. The Morgan fingerprint density at radius 3 is 1.58 bits per heavy atom. The van der Waals surface area contributed by atoms with Gasteiger partial charge in [-0.05, 0) is 197 Å². The van der Waals surface area contributed by atoms with E-state index in [1.54, 1.807) is 0 Å². The van der Waals surface area contributed by atoms with Crippen molar-refractivity contribution >= 4 is 82.0 Å². The Kier molecular flexibility index (Phi) is 11.7. The highest BCUT2D eigenvalue weighted by Gasteiger charge is 2.72. The lowest BCUT2D eigenvalue weighted by molar-refractivity contribution is -0.0398. The highest BCUT2D eigenvalue weighted by Crippen LogP contribution is 2.72. The maximum absolute atomic E-state index is 15.1. The molecule has 13 aromatic rings. The van der Waals surface area contributed by atoms with Crippen LogP contribution in [0, 0.1) is 12.3 Å². The van der Waals surface area contributed by atoms with E-state index >= 15 is 4.79 Å². The van der Waals surface area contributed by atoms with Gasteiger partial charge in [-0.2, -0.15) is 0 Å². The zero-order valence-corrected chi connectivity index (χ0v) is 54.3. The summed E-state index contributed by atoms with van der Waals surface area (Å²) in [6.07, 6.45) is 12.2. The van der Waals surface area contributed by atoms with Crippen molar-refractivity contribution in [3.63, 3.8) is 0 Å². The van der Waals surface area contributed by atoms with Crippen LogP contribution < -0.4 is 0 Å². The molecular weight excluding hydrogens is 1070 g/mol. The molecule has 4 heteroatoms. The fraction of sp³-hybridized carbons (Fsp3) is 0.357. The molecule has 4 aliphatic carbocycles. The zero-order chi connectivity index (χ0) is 61.0. The number of aromatic nitrogens is 3. The first-order chi connectivity index (χ1) is 42.1. The quantitative estimate of drug-likeness (QED) is 0.129. The molecule has 2 fully saturated rings. The van der Waals surface area contributed by atoms with Crippen molar-refractivity contribution in [3.05, 3.63) is 219 Å². The summed E-state index contributed by atoms with van der Waals surface area (Å²) in [5.41, 5.74) is 22.9. The van der Waals surface area contributed by atoms with Crippen molar-refractivity contribution in [2.75, 3.05) is 0 Å². The van der Waals surface area contributed by atoms with Gasteiger partial charge in [0.15, 0.2) is 5.78 Å². The molecule has 0 amide bonds. The monoisotopic (exact) mass is 1150 g/mol. The number of ketones is 1. The fourth-order valence-electron chi connectivity index (χ4n) is 19.2. The van der Waals surface area contributed by atoms with Crippen LogP contribution in [-0.2, 0) is 51.8 Å². The lowest BCUT2D eigenvalue weighted by Crippen LogP contribution is -2.71. The van der Waals surface area contributed by atoms with Crippen LogP contribution in [0.15, 0.2) is 158 Å². The van der Waals surface area contributed by atoms with Crippen LogP contribution in [0.2, 0.25) is 0 Å². The SMILES string of the molecule is CCc1cc(CC)c(-c2cc3c4cc5c(cc4n4c6cc7c8cc(C(C)(C)C)cc9c%10c(C)c(C%11(CCC(C)(C)c%12ccccc%12)C(C)(c%12ccccc%12)CC%11(C)c%11ccccc%11)ncc%10n(c7cc6c(c2)c34)c89)C(=O)C2(C)CCC5(C)CC2)c(CC)c1. The molecule has 2 atom stereocenters. The van der Waals surface area contributed by atoms with Crippen molar-refractivity contribution in [3.8, 4) is 11.1 Å². The van der Waals surface area contributed by atoms with E-state index in [9.17, 15) is 0 Å². The number of fused-ring (bicyclic) bond motifs is 14. The molecule has 17 rings (SSSR count). The Labute approximate surface area is 520 Å². The average Bonchev–Trinajstić information content (AvgIpc) is 0.724. The number of rotatable bonds is 11. The first-order valence-electron chi connectivity index (χ1n) is 33.3. The number of pyridine rings is 1. The first-order valence-corrected chi connectivity index (χ1v) is 33.3. The second-order valence-electron chi connectivity index (χ2n) is 30.6. The normalized spacial score (nSPS) is 23.3. The van der Waals surface area contributed by atoms with E-state index in [-0.39, 0.29) is 32.5 Å². The molecule has 4 nitrogen and oxygen atoms in total. The minimum atomic E-state index is -0.397. The molecule has 2 saturated carbocycles. The molecule has 4 aliphatic rings. The van der Waals surface area contributed by atoms with Gasteiger partial charge < -0.3 is 8.80 Å². The van der Waals surface area contributed by atoms with Gasteiger partial charge in [0, 0.05) is 70.3 Å². The van der Waals surface area contributed by atoms with Gasteiger partial charge in [0.05, 0.1) is 45.0 Å². The summed E-state index contributed by atoms with van der Waals surface area (Å²) in [4.78, 5) is 21.2. The van der Waals surface area contributed by atoms with Crippen LogP contribution in [0.5, 0.6) is 0 Å². The number of aryl methyl sites for hydroxylation is 4. The van der Waals surface area contributed by atoms with Gasteiger partial charge >= 0.3 is 0 Å². The van der Waals surface area contributed by atoms with Crippen molar-refractivity contribution in [2.24, 2.45) is 5.41 Å². The number of Topliss-reactive ketones (excluding diaryl/α,β-unsaturated/α-hetero) is 1. The Hall–Kier alpha value is -7.82. The fourth-order valence-corrected chi connectivity index (χ4v) is 19.2. The predicted octanol–water partition coefficient (Wildman–Crippen LogP) is 21.7. The van der Waals surface area contributed by atoms with E-state index in [2.05, 4.69) is 257 Å². The van der Waals surface area contributed by atoms with Gasteiger partial charge in [0.1, 0.15) is 0 Å². The Balaban J connectivity index is 1.01. The lowest BCUT2D eigenvalue weighted by atomic mass is 9.32. The molecular formula is C84H85N3O. The maximum Gasteiger partial charge on any atom is 0.169 e. The third-order valence-corrected chi connectivity index (χ3v) is 24.4. The Morgan fingerprint density at radius 2 is 1.02 bits per heavy atom. The molecule has 442 valence electrons. The molecule has 88 heavy (non-hydrogen) atoms. The molecule has 0 spiro atoms. The summed E-state index contributed by atoms with van der Waals surface area (Å²) < 4.78 is 5.19. The van der Waals surface area contributed by atoms with Gasteiger partial charge in [0.2, 0.25) is 0 Å². The van der Waals surface area contributed by atoms with E-state index in [0.717, 1.165) is 75.3 Å². The summed E-state index contributed by atoms with van der Waals surface area (Å²) in [7, 11) is 0. The maximum atomic E-state index is 15.1. The van der Waals surface area contributed by atoms with Crippen LogP contribution in [-0.4, -0.2) is 19.6 Å². The van der Waals surface area contributed by atoms with E-state index in [1.165, 1.54) is 138 Å². The van der Waals surface area contributed by atoms with Crippen LogP contribution in [0.4, 0.5) is 0 Å². The zero-order valence-electron chi connectivity index (χ0n) is 54.3. The average molecular weight is 1150 g/mol. The molecule has 0 N–H and O–H groups in total. The van der Waals surface area contributed by atoms with Crippen LogP contribution in [0.1, 0.15) is 194 Å². The van der Waals surface area contributed by atoms with Crippen LogP contribution >= 0.6 is 0 Å². The minimum absolute atomic E-state index is 0.0395. The standard InChI is InChI=1S/C84H85N3O/c1-14-51-38-52(15-2)73(53(16-3)39-51)54-40-62-59-44-67-65(77(88)81(11)35-33-80(67,10)34-36-81)47-70(59)86-68-46-61-64-42-58(78(5,6)7)43-66-72-50(4)76(85-48-71(72)87(75(64)66)69(61)45-60(68)63(41-54)74(62)86)84(37-32-79(8,9)55-26-20-17-21-27-55)82(12,56-28-22-18-23-29-56)49-83(84,13)57-30-24-19-25-31-57/h17-31,38-48H,14-16,32-37,49H2,1-13H3. The number of hydrogen-bond donors (Lipinski definition) is 0. The van der Waals surface area contributed by atoms with E-state index in [1.807, 2.05) is 0 Å². The second kappa shape index (κ2) is 18.6. The number of carbonyl (C=O) groups excluding carboxylic acids is 1. The van der Waals surface area contributed by atoms with Crippen LogP contribution in [0.25, 0.3) is 87.3 Å². The molecule has 0 aliphatic heterocycles. The largest absolute Gasteiger partial charge is 0.308 e. The van der Waals surface area contributed by atoms with Gasteiger partial charge in [0.25, 0.3) is 0 Å². The minimum Gasteiger partial charge on any atom is -0.308 e. The number of carbonyl (C=O) groups is 1. The van der Waals surface area contributed by atoms with Crippen molar-refractivity contribution in [1.82, 2.24) is 13.8 Å². The van der Waals surface area contributed by atoms with E-state index < -0.39 is 5.41 Å². The topological polar surface area (TPSA) is 38.8 Å². The summed E-state index contributed by atoms with van der Waals surface area (Å²) in [5.74, 6) is 0.335. The van der Waals surface area contributed by atoms with Crippen molar-refractivity contribution < 1.29 is 4.79 Å². The molecule has 0 saturated heterocycles. The molecule has 5 aromatic heterocycles. The summed E-state index contributed by atoms with van der Waals surface area (Å²) in [5, 5.41) is 10.2. The number of hydrogen-bond acceptors (Lipinski definition) is 2. The predicted molar refractivity (Wildman–Crippen MR) is 371 cm³/mol. The van der Waals surface area contributed by atoms with Crippen molar-refractivity contribution in [1.29, 1.82) is 0 Å². The highest BCUT2D eigenvalue weighted by atomic mass is 16.1.